The molecule has 0 radical (unpaired) electrons. The Hall–Kier alpha value is -2.69. The summed E-state index contributed by atoms with van der Waals surface area (Å²) >= 11 is 0. The van der Waals surface area contributed by atoms with E-state index >= 15 is 0 Å². The molecule has 4 nitrogen and oxygen atoms in total. The number of carbonyl (C=O) groups excluding carboxylic acids is 2. The van der Waals surface area contributed by atoms with Crippen LogP contribution in [0, 0.1) is 5.82 Å². The predicted octanol–water partition coefficient (Wildman–Crippen LogP) is 2.34. The van der Waals surface area contributed by atoms with E-state index in [0.29, 0.717) is 11.1 Å². The Morgan fingerprint density at radius 1 is 1.09 bits per heavy atom. The second-order valence-corrected chi connectivity index (χ2v) is 4.71. The molecule has 0 aliphatic rings. The minimum atomic E-state index is -0.949. The van der Waals surface area contributed by atoms with Crippen LogP contribution in [0.2, 0.25) is 0 Å². The summed E-state index contributed by atoms with van der Waals surface area (Å²) in [7, 11) is 1.23. The van der Waals surface area contributed by atoms with Gasteiger partial charge in [0.05, 0.1) is 7.11 Å². The fourth-order valence-electron chi connectivity index (χ4n) is 2.05. The third-order valence-electron chi connectivity index (χ3n) is 3.21. The van der Waals surface area contributed by atoms with Gasteiger partial charge >= 0.3 is 5.97 Å². The van der Waals surface area contributed by atoms with E-state index in [0.717, 1.165) is 0 Å². The van der Waals surface area contributed by atoms with E-state index in [4.69, 9.17) is 0 Å². The first-order valence-corrected chi connectivity index (χ1v) is 6.79. The van der Waals surface area contributed by atoms with Gasteiger partial charge in [0, 0.05) is 12.0 Å². The molecular weight excluding hydrogens is 285 g/mol. The van der Waals surface area contributed by atoms with Crippen LogP contribution in [-0.4, -0.2) is 25.0 Å². The lowest BCUT2D eigenvalue weighted by Gasteiger charge is -2.17. The van der Waals surface area contributed by atoms with Gasteiger partial charge in [0.15, 0.2) is 0 Å². The summed E-state index contributed by atoms with van der Waals surface area (Å²) in [6.07, 6.45) is 0.0257. The largest absolute Gasteiger partial charge is 0.467 e. The highest BCUT2D eigenvalue weighted by Gasteiger charge is 2.23. The van der Waals surface area contributed by atoms with E-state index in [9.17, 15) is 14.0 Å². The zero-order valence-electron chi connectivity index (χ0n) is 12.1. The fraction of sp³-hybridized carbons (Fsp3) is 0.176. The SMILES string of the molecule is COC(=O)C(Cc1ccccc1F)NC(=O)c1ccccc1. The van der Waals surface area contributed by atoms with E-state index in [1.54, 1.807) is 48.5 Å². The molecule has 0 heterocycles. The molecule has 1 amide bonds. The summed E-state index contributed by atoms with van der Waals surface area (Å²) in [5, 5.41) is 2.58. The van der Waals surface area contributed by atoms with Gasteiger partial charge in [0.2, 0.25) is 0 Å². The molecule has 22 heavy (non-hydrogen) atoms. The summed E-state index contributed by atoms with van der Waals surface area (Å²) in [5.74, 6) is -1.45. The first-order valence-electron chi connectivity index (χ1n) is 6.79. The van der Waals surface area contributed by atoms with Gasteiger partial charge in [-0.2, -0.15) is 0 Å². The molecule has 1 atom stereocenters. The van der Waals surface area contributed by atoms with Crippen molar-refractivity contribution < 1.29 is 18.7 Å². The van der Waals surface area contributed by atoms with Crippen LogP contribution in [-0.2, 0) is 16.0 Å². The molecular formula is C17H16FNO3. The molecule has 1 unspecified atom stereocenters. The number of halogens is 1. The third-order valence-corrected chi connectivity index (χ3v) is 3.21. The Morgan fingerprint density at radius 3 is 2.36 bits per heavy atom. The topological polar surface area (TPSA) is 55.4 Å². The second kappa shape index (κ2) is 7.36. The Labute approximate surface area is 127 Å². The second-order valence-electron chi connectivity index (χ2n) is 4.71. The quantitative estimate of drug-likeness (QED) is 0.862. The number of methoxy groups -OCH3 is 1. The van der Waals surface area contributed by atoms with Gasteiger partial charge in [-0.15, -0.1) is 0 Å². The zero-order chi connectivity index (χ0) is 15.9. The van der Waals surface area contributed by atoms with E-state index in [-0.39, 0.29) is 6.42 Å². The van der Waals surface area contributed by atoms with Gasteiger partial charge in [-0.25, -0.2) is 9.18 Å². The fourth-order valence-corrected chi connectivity index (χ4v) is 2.05. The summed E-state index contributed by atoms with van der Waals surface area (Å²) in [6, 6.07) is 13.7. The molecule has 0 aliphatic carbocycles. The first-order chi connectivity index (χ1) is 10.6. The molecule has 0 saturated heterocycles. The average Bonchev–Trinajstić information content (AvgIpc) is 2.56. The minimum absolute atomic E-state index is 0.0257. The summed E-state index contributed by atoms with van der Waals surface area (Å²) in [5.41, 5.74) is 0.760. The van der Waals surface area contributed by atoms with Gasteiger partial charge in [0.1, 0.15) is 11.9 Å². The average molecular weight is 301 g/mol. The van der Waals surface area contributed by atoms with E-state index < -0.39 is 23.7 Å². The molecule has 2 aromatic carbocycles. The van der Waals surface area contributed by atoms with Crippen LogP contribution in [0.4, 0.5) is 4.39 Å². The molecule has 0 spiro atoms. The maximum Gasteiger partial charge on any atom is 0.328 e. The molecule has 2 rings (SSSR count). The Morgan fingerprint density at radius 2 is 1.73 bits per heavy atom. The smallest absolute Gasteiger partial charge is 0.328 e. The van der Waals surface area contributed by atoms with Crippen molar-refractivity contribution in [2.75, 3.05) is 7.11 Å². The highest BCUT2D eigenvalue weighted by Crippen LogP contribution is 2.10. The molecule has 1 N–H and O–H groups in total. The number of hydrogen-bond acceptors (Lipinski definition) is 3. The van der Waals surface area contributed by atoms with Crippen LogP contribution in [0.25, 0.3) is 0 Å². The predicted molar refractivity (Wildman–Crippen MR) is 79.8 cm³/mol. The van der Waals surface area contributed by atoms with E-state index in [1.165, 1.54) is 13.2 Å². The number of carbonyl (C=O) groups is 2. The number of hydrogen-bond donors (Lipinski definition) is 1. The highest BCUT2D eigenvalue weighted by molar-refractivity contribution is 5.96. The van der Waals surface area contributed by atoms with Crippen molar-refractivity contribution in [1.29, 1.82) is 0 Å². The Balaban J connectivity index is 2.15. The van der Waals surface area contributed by atoms with Gasteiger partial charge < -0.3 is 10.1 Å². The zero-order valence-corrected chi connectivity index (χ0v) is 12.1. The maximum atomic E-state index is 13.7. The number of amides is 1. The van der Waals surface area contributed by atoms with Crippen LogP contribution >= 0.6 is 0 Å². The molecule has 2 aromatic rings. The van der Waals surface area contributed by atoms with Crippen LogP contribution in [0.5, 0.6) is 0 Å². The van der Waals surface area contributed by atoms with Gasteiger partial charge in [-0.05, 0) is 23.8 Å². The van der Waals surface area contributed by atoms with Gasteiger partial charge in [-0.3, -0.25) is 4.79 Å². The van der Waals surface area contributed by atoms with E-state index in [2.05, 4.69) is 10.1 Å². The van der Waals surface area contributed by atoms with Crippen molar-refractivity contribution in [3.63, 3.8) is 0 Å². The van der Waals surface area contributed by atoms with Crippen molar-refractivity contribution in [2.24, 2.45) is 0 Å². The van der Waals surface area contributed by atoms with E-state index in [1.807, 2.05) is 0 Å². The maximum absolute atomic E-state index is 13.7. The molecule has 0 bridgehead atoms. The number of ether oxygens (including phenoxy) is 1. The Kier molecular flexibility index (Phi) is 5.25. The van der Waals surface area contributed by atoms with Crippen LogP contribution in [0.3, 0.4) is 0 Å². The van der Waals surface area contributed by atoms with Crippen LogP contribution in [0.1, 0.15) is 15.9 Å². The number of esters is 1. The van der Waals surface area contributed by atoms with Crippen molar-refractivity contribution in [3.05, 3.63) is 71.5 Å². The Bertz CT molecular complexity index is 658. The van der Waals surface area contributed by atoms with Crippen molar-refractivity contribution in [3.8, 4) is 0 Å². The van der Waals surface area contributed by atoms with Crippen molar-refractivity contribution >= 4 is 11.9 Å². The normalized spacial score (nSPS) is 11.5. The van der Waals surface area contributed by atoms with Gasteiger partial charge in [-0.1, -0.05) is 36.4 Å². The third kappa shape index (κ3) is 3.91. The van der Waals surface area contributed by atoms with Crippen molar-refractivity contribution in [1.82, 2.24) is 5.32 Å². The molecule has 0 aliphatic heterocycles. The van der Waals surface area contributed by atoms with Crippen LogP contribution in [0.15, 0.2) is 54.6 Å². The molecule has 5 heteroatoms. The summed E-state index contributed by atoms with van der Waals surface area (Å²) < 4.78 is 18.4. The molecule has 114 valence electrons. The van der Waals surface area contributed by atoms with Crippen molar-refractivity contribution in [2.45, 2.75) is 12.5 Å². The number of nitrogens with one attached hydrogen (secondary N) is 1. The lowest BCUT2D eigenvalue weighted by Crippen LogP contribution is -2.43. The molecule has 0 fully saturated rings. The minimum Gasteiger partial charge on any atom is -0.467 e. The first kappa shape index (κ1) is 15.7. The highest BCUT2D eigenvalue weighted by atomic mass is 19.1. The van der Waals surface area contributed by atoms with Crippen LogP contribution < -0.4 is 5.32 Å². The summed E-state index contributed by atoms with van der Waals surface area (Å²) in [6.45, 7) is 0. The summed E-state index contributed by atoms with van der Waals surface area (Å²) in [4.78, 5) is 24.0. The number of benzene rings is 2. The monoisotopic (exact) mass is 301 g/mol. The number of rotatable bonds is 5. The molecule has 0 aromatic heterocycles. The lowest BCUT2D eigenvalue weighted by molar-refractivity contribution is -0.142. The standard InChI is InChI=1S/C17H16FNO3/c1-22-17(21)15(11-13-9-5-6-10-14(13)18)19-16(20)12-7-3-2-4-8-12/h2-10,15H,11H2,1H3,(H,19,20). The van der Waals surface area contributed by atoms with Gasteiger partial charge in [0.25, 0.3) is 5.91 Å². The lowest BCUT2D eigenvalue weighted by atomic mass is 10.0. The molecule has 0 saturated carbocycles.